The topological polar surface area (TPSA) is 35.5 Å². The monoisotopic (exact) mass is 270 g/mol. The van der Waals surface area contributed by atoms with E-state index < -0.39 is 17.6 Å². The Morgan fingerprint density at radius 2 is 2.05 bits per heavy atom. The molecule has 0 bridgehead atoms. The van der Waals surface area contributed by atoms with E-state index in [1.165, 1.54) is 13.2 Å². The summed E-state index contributed by atoms with van der Waals surface area (Å²) in [6, 6.07) is 1.52. The minimum atomic E-state index is -1.02. The SMILES string of the molecule is CCOC(=O)Cc1cc(C2CC2)c(F)c(F)c1OC. The molecule has 1 aromatic carbocycles. The largest absolute Gasteiger partial charge is 0.493 e. The first-order valence-electron chi connectivity index (χ1n) is 6.28. The molecule has 3 nitrogen and oxygen atoms in total. The second-order valence-electron chi connectivity index (χ2n) is 4.54. The lowest BCUT2D eigenvalue weighted by Crippen LogP contribution is -2.11. The Kier molecular flexibility index (Phi) is 4.02. The summed E-state index contributed by atoms with van der Waals surface area (Å²) in [5.41, 5.74) is 0.666. The van der Waals surface area contributed by atoms with Crippen LogP contribution in [0.4, 0.5) is 8.78 Å². The van der Waals surface area contributed by atoms with E-state index in [1.54, 1.807) is 6.92 Å². The number of hydrogen-bond donors (Lipinski definition) is 0. The molecule has 0 saturated heterocycles. The van der Waals surface area contributed by atoms with E-state index in [0.717, 1.165) is 12.8 Å². The minimum absolute atomic E-state index is 0.0568. The van der Waals surface area contributed by atoms with Crippen molar-refractivity contribution in [3.05, 3.63) is 28.8 Å². The van der Waals surface area contributed by atoms with Crippen molar-refractivity contribution in [3.63, 3.8) is 0 Å². The molecule has 0 unspecified atom stereocenters. The zero-order chi connectivity index (χ0) is 14.0. The molecule has 5 heteroatoms. The van der Waals surface area contributed by atoms with Gasteiger partial charge in [0.15, 0.2) is 11.6 Å². The van der Waals surface area contributed by atoms with E-state index in [4.69, 9.17) is 9.47 Å². The highest BCUT2D eigenvalue weighted by atomic mass is 19.2. The van der Waals surface area contributed by atoms with Crippen LogP contribution in [0.25, 0.3) is 0 Å². The Morgan fingerprint density at radius 3 is 2.58 bits per heavy atom. The maximum atomic E-state index is 13.9. The predicted octanol–water partition coefficient (Wildman–Crippen LogP) is 2.96. The fourth-order valence-electron chi connectivity index (χ4n) is 2.09. The van der Waals surface area contributed by atoms with E-state index in [9.17, 15) is 13.6 Å². The molecule has 2 rings (SSSR count). The van der Waals surface area contributed by atoms with Crippen molar-refractivity contribution in [2.75, 3.05) is 13.7 Å². The van der Waals surface area contributed by atoms with Crippen LogP contribution in [-0.4, -0.2) is 19.7 Å². The van der Waals surface area contributed by atoms with Crippen LogP contribution in [0.5, 0.6) is 5.75 Å². The van der Waals surface area contributed by atoms with Crippen LogP contribution in [0.1, 0.15) is 36.8 Å². The van der Waals surface area contributed by atoms with E-state index in [0.29, 0.717) is 11.1 Å². The Balaban J connectivity index is 2.37. The Bertz CT molecular complexity index is 496. The van der Waals surface area contributed by atoms with Gasteiger partial charge in [0.1, 0.15) is 0 Å². The average Bonchev–Trinajstić information content (AvgIpc) is 3.18. The smallest absolute Gasteiger partial charge is 0.310 e. The summed E-state index contributed by atoms with van der Waals surface area (Å²) in [4.78, 5) is 11.5. The van der Waals surface area contributed by atoms with Crippen LogP contribution in [0.3, 0.4) is 0 Å². The highest BCUT2D eigenvalue weighted by molar-refractivity contribution is 5.73. The van der Waals surface area contributed by atoms with Crippen LogP contribution < -0.4 is 4.74 Å². The number of rotatable bonds is 5. The molecule has 0 spiro atoms. The van der Waals surface area contributed by atoms with Gasteiger partial charge in [0, 0.05) is 5.56 Å². The van der Waals surface area contributed by atoms with E-state index in [1.807, 2.05) is 0 Å². The number of esters is 1. The zero-order valence-corrected chi connectivity index (χ0v) is 11.0. The van der Waals surface area contributed by atoms with Gasteiger partial charge in [-0.1, -0.05) is 0 Å². The summed E-state index contributed by atoms with van der Waals surface area (Å²) in [5.74, 6) is -2.52. The van der Waals surface area contributed by atoms with E-state index in [-0.39, 0.29) is 24.7 Å². The van der Waals surface area contributed by atoms with Crippen molar-refractivity contribution < 1.29 is 23.0 Å². The van der Waals surface area contributed by atoms with Gasteiger partial charge >= 0.3 is 5.97 Å². The normalized spacial score (nSPS) is 14.3. The summed E-state index contributed by atoms with van der Waals surface area (Å²) in [5, 5.41) is 0. The lowest BCUT2D eigenvalue weighted by molar-refractivity contribution is -0.142. The molecule has 0 atom stereocenters. The van der Waals surface area contributed by atoms with Crippen LogP contribution in [0.2, 0.25) is 0 Å². The predicted molar refractivity (Wildman–Crippen MR) is 65.2 cm³/mol. The number of ether oxygens (including phenoxy) is 2. The maximum absolute atomic E-state index is 13.9. The van der Waals surface area contributed by atoms with Crippen molar-refractivity contribution in [1.82, 2.24) is 0 Å². The van der Waals surface area contributed by atoms with Gasteiger partial charge in [-0.2, -0.15) is 4.39 Å². The number of benzene rings is 1. The van der Waals surface area contributed by atoms with Gasteiger partial charge in [0.05, 0.1) is 20.1 Å². The molecule has 19 heavy (non-hydrogen) atoms. The fourth-order valence-corrected chi connectivity index (χ4v) is 2.09. The molecule has 0 amide bonds. The molecule has 1 aliphatic carbocycles. The number of halogens is 2. The Morgan fingerprint density at radius 1 is 1.37 bits per heavy atom. The molecular weight excluding hydrogens is 254 g/mol. The Labute approximate surface area is 110 Å². The molecule has 0 heterocycles. The van der Waals surface area contributed by atoms with Gasteiger partial charge in [-0.3, -0.25) is 4.79 Å². The van der Waals surface area contributed by atoms with Gasteiger partial charge in [-0.15, -0.1) is 0 Å². The number of methoxy groups -OCH3 is 1. The summed E-state index contributed by atoms with van der Waals surface area (Å²) in [6.07, 6.45) is 1.58. The summed E-state index contributed by atoms with van der Waals surface area (Å²) < 4.78 is 37.4. The van der Waals surface area contributed by atoms with E-state index >= 15 is 0 Å². The van der Waals surface area contributed by atoms with Gasteiger partial charge in [-0.25, -0.2) is 4.39 Å². The van der Waals surface area contributed by atoms with Gasteiger partial charge in [0.2, 0.25) is 5.82 Å². The number of carbonyl (C=O) groups is 1. The molecular formula is C14H16F2O3. The van der Waals surface area contributed by atoms with Gasteiger partial charge < -0.3 is 9.47 Å². The van der Waals surface area contributed by atoms with Crippen LogP contribution in [-0.2, 0) is 16.0 Å². The lowest BCUT2D eigenvalue weighted by Gasteiger charge is -2.13. The molecule has 0 radical (unpaired) electrons. The third kappa shape index (κ3) is 2.85. The average molecular weight is 270 g/mol. The van der Waals surface area contributed by atoms with Crippen molar-refractivity contribution in [2.45, 2.75) is 32.1 Å². The molecule has 1 aromatic rings. The van der Waals surface area contributed by atoms with Gasteiger partial charge in [0.25, 0.3) is 0 Å². The molecule has 104 valence electrons. The molecule has 1 aliphatic rings. The van der Waals surface area contributed by atoms with Crippen molar-refractivity contribution >= 4 is 5.97 Å². The first kappa shape index (κ1) is 13.8. The van der Waals surface area contributed by atoms with Crippen molar-refractivity contribution in [2.24, 2.45) is 0 Å². The third-order valence-electron chi connectivity index (χ3n) is 3.13. The summed E-state index contributed by atoms with van der Waals surface area (Å²) in [6.45, 7) is 1.94. The second-order valence-corrected chi connectivity index (χ2v) is 4.54. The fraction of sp³-hybridized carbons (Fsp3) is 0.500. The quantitative estimate of drug-likeness (QED) is 0.772. The summed E-state index contributed by atoms with van der Waals surface area (Å²) >= 11 is 0. The second kappa shape index (κ2) is 5.55. The molecule has 1 fully saturated rings. The third-order valence-corrected chi connectivity index (χ3v) is 3.13. The molecule has 0 aliphatic heterocycles. The number of carbonyl (C=O) groups excluding carboxylic acids is 1. The lowest BCUT2D eigenvalue weighted by atomic mass is 10.0. The van der Waals surface area contributed by atoms with Crippen molar-refractivity contribution in [1.29, 1.82) is 0 Å². The molecule has 1 saturated carbocycles. The minimum Gasteiger partial charge on any atom is -0.493 e. The maximum Gasteiger partial charge on any atom is 0.310 e. The van der Waals surface area contributed by atoms with Crippen LogP contribution in [0.15, 0.2) is 6.07 Å². The highest BCUT2D eigenvalue weighted by Gasteiger charge is 2.31. The first-order valence-corrected chi connectivity index (χ1v) is 6.28. The van der Waals surface area contributed by atoms with E-state index in [2.05, 4.69) is 0 Å². The zero-order valence-electron chi connectivity index (χ0n) is 11.0. The van der Waals surface area contributed by atoms with Crippen LogP contribution in [0, 0.1) is 11.6 Å². The first-order chi connectivity index (χ1) is 9.08. The highest BCUT2D eigenvalue weighted by Crippen LogP contribution is 2.44. The molecule has 0 N–H and O–H groups in total. The number of hydrogen-bond acceptors (Lipinski definition) is 3. The Hall–Kier alpha value is -1.65. The summed E-state index contributed by atoms with van der Waals surface area (Å²) in [7, 11) is 1.25. The van der Waals surface area contributed by atoms with Gasteiger partial charge in [-0.05, 0) is 37.3 Å². The standard InChI is InChI=1S/C14H16F2O3/c1-3-19-11(17)7-9-6-10(8-4-5-8)12(15)13(16)14(9)18-2/h6,8H,3-5,7H2,1-2H3. The van der Waals surface area contributed by atoms with Crippen LogP contribution >= 0.6 is 0 Å². The molecule has 0 aromatic heterocycles. The van der Waals surface area contributed by atoms with Crippen molar-refractivity contribution in [3.8, 4) is 5.75 Å².